The molecule has 1 saturated heterocycles. The molecule has 1 aromatic heterocycles. The highest BCUT2D eigenvalue weighted by atomic mass is 16.5. The van der Waals surface area contributed by atoms with Gasteiger partial charge >= 0.3 is 0 Å². The van der Waals surface area contributed by atoms with Gasteiger partial charge in [0.05, 0.1) is 27.4 Å². The van der Waals surface area contributed by atoms with Gasteiger partial charge in [-0.05, 0) is 59.7 Å². The second-order valence-corrected chi connectivity index (χ2v) is 9.15. The largest absolute Gasteiger partial charge is 0.497 e. The van der Waals surface area contributed by atoms with Crippen LogP contribution in [0.4, 0.5) is 5.69 Å². The quantitative estimate of drug-likeness (QED) is 0.485. The summed E-state index contributed by atoms with van der Waals surface area (Å²) in [6, 6.07) is 14.5. The van der Waals surface area contributed by atoms with Crippen molar-refractivity contribution >= 4 is 5.69 Å². The average molecular weight is 479 g/mol. The fourth-order valence-electron chi connectivity index (χ4n) is 5.36. The molecular weight excluding hydrogens is 444 g/mol. The Kier molecular flexibility index (Phi) is 7.03. The molecule has 1 saturated carbocycles. The molecule has 0 unspecified atom stereocenters. The van der Waals surface area contributed by atoms with Gasteiger partial charge in [0, 0.05) is 43.5 Å². The van der Waals surface area contributed by atoms with E-state index in [1.807, 2.05) is 24.3 Å². The number of piperazine rings is 1. The van der Waals surface area contributed by atoms with E-state index in [0.29, 0.717) is 6.04 Å². The molecule has 2 aliphatic rings. The Bertz CT molecular complexity index is 1100. The third kappa shape index (κ3) is 4.77. The van der Waals surface area contributed by atoms with Crippen LogP contribution in [0.2, 0.25) is 0 Å². The zero-order valence-electron chi connectivity index (χ0n) is 20.8. The molecule has 0 N–H and O–H groups in total. The first kappa shape index (κ1) is 23.4. The molecule has 3 aromatic rings. The van der Waals surface area contributed by atoms with Gasteiger partial charge in [0.15, 0.2) is 5.82 Å². The lowest BCUT2D eigenvalue weighted by molar-refractivity contribution is 0.194. The number of nitrogens with zero attached hydrogens (tertiary/aromatic N) is 6. The van der Waals surface area contributed by atoms with Crippen LogP contribution in [-0.4, -0.2) is 72.6 Å². The Hall–Kier alpha value is -3.33. The van der Waals surface area contributed by atoms with Gasteiger partial charge in [0.1, 0.15) is 23.3 Å². The highest BCUT2D eigenvalue weighted by Crippen LogP contribution is 2.39. The monoisotopic (exact) mass is 478 g/mol. The first-order chi connectivity index (χ1) is 17.2. The fourth-order valence-corrected chi connectivity index (χ4v) is 5.36. The van der Waals surface area contributed by atoms with E-state index in [9.17, 15) is 0 Å². The third-order valence-corrected chi connectivity index (χ3v) is 7.29. The van der Waals surface area contributed by atoms with Crippen molar-refractivity contribution in [3.63, 3.8) is 0 Å². The summed E-state index contributed by atoms with van der Waals surface area (Å²) in [5.74, 6) is 3.31. The molecule has 0 spiro atoms. The maximum atomic E-state index is 5.83. The van der Waals surface area contributed by atoms with Crippen LogP contribution in [0.1, 0.15) is 49.2 Å². The number of tetrazole rings is 1. The molecule has 2 fully saturated rings. The SMILES string of the molecule is COc1ccc(N2CCN([C@@H](c3ccc(OC)cc3OC)c3nnnn3C3CCCC3)CC2)cc1. The van der Waals surface area contributed by atoms with Crippen molar-refractivity contribution in [3.05, 3.63) is 53.9 Å². The summed E-state index contributed by atoms with van der Waals surface area (Å²) in [6.45, 7) is 3.57. The second kappa shape index (κ2) is 10.5. The van der Waals surface area contributed by atoms with Gasteiger partial charge in [-0.15, -0.1) is 5.10 Å². The Morgan fingerprint density at radius 3 is 2.17 bits per heavy atom. The van der Waals surface area contributed by atoms with Gasteiger partial charge in [-0.1, -0.05) is 12.8 Å². The summed E-state index contributed by atoms with van der Waals surface area (Å²) in [5, 5.41) is 13.1. The van der Waals surface area contributed by atoms with Crippen LogP contribution in [0.25, 0.3) is 0 Å². The Labute approximate surface area is 206 Å². The minimum Gasteiger partial charge on any atom is -0.497 e. The summed E-state index contributed by atoms with van der Waals surface area (Å²) in [7, 11) is 5.07. The zero-order valence-corrected chi connectivity index (χ0v) is 20.8. The van der Waals surface area contributed by atoms with Crippen LogP contribution in [0.15, 0.2) is 42.5 Å². The van der Waals surface area contributed by atoms with E-state index in [4.69, 9.17) is 14.2 Å². The summed E-state index contributed by atoms with van der Waals surface area (Å²) in [6.07, 6.45) is 4.69. The lowest BCUT2D eigenvalue weighted by Gasteiger charge is -2.40. The number of ether oxygens (including phenoxy) is 3. The average Bonchev–Trinajstić information content (AvgIpc) is 3.62. The molecule has 1 aliphatic heterocycles. The summed E-state index contributed by atoms with van der Waals surface area (Å²) < 4.78 is 18.7. The number of hydrogen-bond donors (Lipinski definition) is 0. The first-order valence-electron chi connectivity index (χ1n) is 12.3. The molecule has 9 heteroatoms. The van der Waals surface area contributed by atoms with Crippen molar-refractivity contribution in [1.82, 2.24) is 25.1 Å². The van der Waals surface area contributed by atoms with Gasteiger partial charge in [0.2, 0.25) is 0 Å². The number of benzene rings is 2. The molecule has 0 amide bonds. The van der Waals surface area contributed by atoms with Crippen LogP contribution in [0.5, 0.6) is 17.2 Å². The second-order valence-electron chi connectivity index (χ2n) is 9.15. The minimum atomic E-state index is -0.107. The Morgan fingerprint density at radius 1 is 0.829 bits per heavy atom. The van der Waals surface area contributed by atoms with Crippen molar-refractivity contribution in [2.45, 2.75) is 37.8 Å². The topological polar surface area (TPSA) is 77.8 Å². The van der Waals surface area contributed by atoms with Crippen molar-refractivity contribution in [2.24, 2.45) is 0 Å². The Balaban J connectivity index is 1.45. The molecular formula is C26H34N6O3. The lowest BCUT2D eigenvalue weighted by Crippen LogP contribution is -2.48. The molecule has 2 aromatic carbocycles. The van der Waals surface area contributed by atoms with Crippen LogP contribution < -0.4 is 19.1 Å². The van der Waals surface area contributed by atoms with Gasteiger partial charge < -0.3 is 19.1 Å². The van der Waals surface area contributed by atoms with Gasteiger partial charge in [-0.2, -0.15) is 0 Å². The molecule has 0 radical (unpaired) electrons. The Morgan fingerprint density at radius 2 is 1.51 bits per heavy atom. The molecule has 5 rings (SSSR count). The maximum Gasteiger partial charge on any atom is 0.173 e. The normalized spacial score (nSPS) is 18.0. The summed E-state index contributed by atoms with van der Waals surface area (Å²) in [4.78, 5) is 4.89. The summed E-state index contributed by atoms with van der Waals surface area (Å²) >= 11 is 0. The number of aromatic nitrogens is 4. The van der Waals surface area contributed by atoms with E-state index in [0.717, 1.165) is 67.7 Å². The molecule has 1 atom stereocenters. The van der Waals surface area contributed by atoms with Crippen molar-refractivity contribution < 1.29 is 14.2 Å². The van der Waals surface area contributed by atoms with Gasteiger partial charge in [0.25, 0.3) is 0 Å². The minimum absolute atomic E-state index is 0.107. The molecule has 35 heavy (non-hydrogen) atoms. The van der Waals surface area contributed by atoms with E-state index >= 15 is 0 Å². The van der Waals surface area contributed by atoms with E-state index < -0.39 is 0 Å². The van der Waals surface area contributed by atoms with E-state index in [1.54, 1.807) is 21.3 Å². The number of anilines is 1. The van der Waals surface area contributed by atoms with Crippen LogP contribution in [-0.2, 0) is 0 Å². The fraction of sp³-hybridized carbons (Fsp3) is 0.500. The molecule has 1 aliphatic carbocycles. The van der Waals surface area contributed by atoms with Crippen LogP contribution in [0, 0.1) is 0 Å². The number of hydrogen-bond acceptors (Lipinski definition) is 8. The van der Waals surface area contributed by atoms with Crippen LogP contribution in [0.3, 0.4) is 0 Å². The number of methoxy groups -OCH3 is 3. The predicted molar refractivity (Wildman–Crippen MR) is 133 cm³/mol. The highest BCUT2D eigenvalue weighted by Gasteiger charge is 2.34. The summed E-state index contributed by atoms with van der Waals surface area (Å²) in [5.41, 5.74) is 2.26. The van der Waals surface area contributed by atoms with E-state index in [2.05, 4.69) is 48.2 Å². The zero-order chi connectivity index (χ0) is 24.2. The van der Waals surface area contributed by atoms with Gasteiger partial charge in [-0.3, -0.25) is 4.90 Å². The van der Waals surface area contributed by atoms with Crippen molar-refractivity contribution in [3.8, 4) is 17.2 Å². The van der Waals surface area contributed by atoms with E-state index in [1.165, 1.54) is 18.5 Å². The van der Waals surface area contributed by atoms with Crippen molar-refractivity contribution in [2.75, 3.05) is 52.4 Å². The van der Waals surface area contributed by atoms with E-state index in [-0.39, 0.29) is 6.04 Å². The van der Waals surface area contributed by atoms with Gasteiger partial charge in [-0.25, -0.2) is 4.68 Å². The standard InChI is InChI=1S/C26H34N6O3/c1-33-21-10-8-19(9-11-21)30-14-16-31(17-15-30)25(23-13-12-22(34-2)18-24(23)35-3)26-27-28-29-32(26)20-6-4-5-7-20/h8-13,18,20,25H,4-7,14-17H2,1-3H3/t25-/m0/s1. The maximum absolute atomic E-state index is 5.83. The lowest BCUT2D eigenvalue weighted by atomic mass is 10.0. The van der Waals surface area contributed by atoms with Crippen LogP contribution >= 0.6 is 0 Å². The predicted octanol–water partition coefficient (Wildman–Crippen LogP) is 3.73. The molecule has 186 valence electrons. The molecule has 0 bridgehead atoms. The third-order valence-electron chi connectivity index (χ3n) is 7.29. The molecule has 2 heterocycles. The smallest absolute Gasteiger partial charge is 0.173 e. The van der Waals surface area contributed by atoms with Crippen molar-refractivity contribution in [1.29, 1.82) is 0 Å². The first-order valence-corrected chi connectivity index (χ1v) is 12.3. The number of rotatable bonds is 8. The molecule has 9 nitrogen and oxygen atoms in total. The highest BCUT2D eigenvalue weighted by molar-refractivity contribution is 5.50.